The number of pyridine rings is 1. The molecular weight excluding hydrogens is 238 g/mol. The van der Waals surface area contributed by atoms with Gasteiger partial charge in [-0.3, -0.25) is 4.90 Å². The van der Waals surface area contributed by atoms with Crippen LogP contribution < -0.4 is 10.5 Å². The Labute approximate surface area is 115 Å². The van der Waals surface area contributed by atoms with Crippen molar-refractivity contribution in [3.8, 4) is 5.88 Å². The van der Waals surface area contributed by atoms with Crippen molar-refractivity contribution in [1.82, 2.24) is 9.88 Å². The van der Waals surface area contributed by atoms with Gasteiger partial charge in [0.1, 0.15) is 0 Å². The summed E-state index contributed by atoms with van der Waals surface area (Å²) in [6.07, 6.45) is 7.35. The fourth-order valence-electron chi connectivity index (χ4n) is 2.71. The minimum Gasteiger partial charge on any atom is -0.481 e. The highest BCUT2D eigenvalue weighted by atomic mass is 16.5. The molecule has 0 aromatic carbocycles. The molecule has 0 radical (unpaired) electrons. The van der Waals surface area contributed by atoms with Gasteiger partial charge in [0.25, 0.3) is 0 Å². The lowest BCUT2D eigenvalue weighted by Gasteiger charge is -2.31. The predicted octanol–water partition coefficient (Wildman–Crippen LogP) is 1.96. The third-order valence-corrected chi connectivity index (χ3v) is 4.16. The molecular formula is C15H23N3O. The van der Waals surface area contributed by atoms with Crippen LogP contribution >= 0.6 is 0 Å². The second-order valence-corrected chi connectivity index (χ2v) is 5.76. The molecule has 0 aliphatic heterocycles. The molecule has 0 amide bonds. The first-order chi connectivity index (χ1) is 9.31. The lowest BCUT2D eigenvalue weighted by molar-refractivity contribution is 0.182. The Kier molecular flexibility index (Phi) is 3.71. The van der Waals surface area contributed by atoms with Crippen LogP contribution in [0.1, 0.15) is 37.3 Å². The molecule has 1 atom stereocenters. The third-order valence-electron chi connectivity index (χ3n) is 4.16. The van der Waals surface area contributed by atoms with E-state index in [1.807, 2.05) is 12.3 Å². The van der Waals surface area contributed by atoms with Crippen LogP contribution in [0.2, 0.25) is 0 Å². The molecule has 0 spiro atoms. The number of methoxy groups -OCH3 is 1. The summed E-state index contributed by atoms with van der Waals surface area (Å²) in [6, 6.07) is 5.09. The molecule has 1 aromatic heterocycles. The SMILES string of the molecule is COc1ccc(C(CN)N(CC2CC2)C2CC2)cn1. The summed E-state index contributed by atoms with van der Waals surface area (Å²) in [7, 11) is 1.64. The minimum atomic E-state index is 0.312. The molecule has 2 aliphatic rings. The average Bonchev–Trinajstić information content (AvgIpc) is 3.31. The first-order valence-electron chi connectivity index (χ1n) is 7.27. The maximum atomic E-state index is 6.04. The van der Waals surface area contributed by atoms with E-state index in [0.717, 1.165) is 12.0 Å². The fraction of sp³-hybridized carbons (Fsp3) is 0.667. The van der Waals surface area contributed by atoms with Crippen molar-refractivity contribution in [3.05, 3.63) is 23.9 Å². The number of hydrogen-bond acceptors (Lipinski definition) is 4. The van der Waals surface area contributed by atoms with Gasteiger partial charge in [-0.05, 0) is 37.2 Å². The van der Waals surface area contributed by atoms with Crippen molar-refractivity contribution < 1.29 is 4.74 Å². The van der Waals surface area contributed by atoms with Crippen molar-refractivity contribution in [3.63, 3.8) is 0 Å². The van der Waals surface area contributed by atoms with Crippen molar-refractivity contribution >= 4 is 0 Å². The largest absolute Gasteiger partial charge is 0.481 e. The van der Waals surface area contributed by atoms with Gasteiger partial charge in [0, 0.05) is 37.4 Å². The van der Waals surface area contributed by atoms with Crippen LogP contribution in [0, 0.1) is 5.92 Å². The zero-order valence-electron chi connectivity index (χ0n) is 11.6. The molecule has 4 nitrogen and oxygen atoms in total. The van der Waals surface area contributed by atoms with Gasteiger partial charge in [-0.2, -0.15) is 0 Å². The lowest BCUT2D eigenvalue weighted by atomic mass is 10.1. The second kappa shape index (κ2) is 5.47. The number of rotatable bonds is 7. The second-order valence-electron chi connectivity index (χ2n) is 5.76. The summed E-state index contributed by atoms with van der Waals surface area (Å²) in [4.78, 5) is 6.93. The highest BCUT2D eigenvalue weighted by Crippen LogP contribution is 2.39. The maximum absolute atomic E-state index is 6.04. The summed E-state index contributed by atoms with van der Waals surface area (Å²) in [5.74, 6) is 1.57. The Bertz CT molecular complexity index is 412. The van der Waals surface area contributed by atoms with Gasteiger partial charge in [-0.15, -0.1) is 0 Å². The van der Waals surface area contributed by atoms with Crippen LogP contribution in [-0.4, -0.2) is 36.1 Å². The average molecular weight is 261 g/mol. The van der Waals surface area contributed by atoms with E-state index >= 15 is 0 Å². The van der Waals surface area contributed by atoms with E-state index < -0.39 is 0 Å². The van der Waals surface area contributed by atoms with Crippen LogP contribution in [0.3, 0.4) is 0 Å². The molecule has 2 fully saturated rings. The quantitative estimate of drug-likeness (QED) is 0.815. The Morgan fingerprint density at radius 2 is 2.16 bits per heavy atom. The summed E-state index contributed by atoms with van der Waals surface area (Å²) in [5, 5.41) is 0. The fourth-order valence-corrected chi connectivity index (χ4v) is 2.71. The van der Waals surface area contributed by atoms with Crippen molar-refractivity contribution in [2.45, 2.75) is 37.8 Å². The molecule has 0 bridgehead atoms. The highest BCUT2D eigenvalue weighted by molar-refractivity contribution is 5.22. The Balaban J connectivity index is 1.75. The highest BCUT2D eigenvalue weighted by Gasteiger charge is 2.37. The summed E-state index contributed by atoms with van der Waals surface area (Å²) < 4.78 is 5.12. The number of nitrogens with two attached hydrogens (primary N) is 1. The Hall–Kier alpha value is -1.13. The first-order valence-corrected chi connectivity index (χ1v) is 7.27. The van der Waals surface area contributed by atoms with E-state index in [0.29, 0.717) is 18.5 Å². The normalized spacial score (nSPS) is 20.6. The zero-order chi connectivity index (χ0) is 13.2. The summed E-state index contributed by atoms with van der Waals surface area (Å²) in [5.41, 5.74) is 7.26. The lowest BCUT2D eigenvalue weighted by Crippen LogP contribution is -2.37. The molecule has 2 N–H and O–H groups in total. The van der Waals surface area contributed by atoms with Crippen LogP contribution in [0.5, 0.6) is 5.88 Å². The standard InChI is InChI=1S/C15H23N3O/c1-19-15-7-4-12(9-17-15)14(8-16)18(13-5-6-13)10-11-2-3-11/h4,7,9,11,13-14H,2-3,5-6,8,10,16H2,1H3. The molecule has 2 saturated carbocycles. The van der Waals surface area contributed by atoms with Crippen LogP contribution in [0.15, 0.2) is 18.3 Å². The van der Waals surface area contributed by atoms with Gasteiger partial charge in [0.05, 0.1) is 7.11 Å². The number of aromatic nitrogens is 1. The summed E-state index contributed by atoms with van der Waals surface area (Å²) >= 11 is 0. The van der Waals surface area contributed by atoms with Crippen molar-refractivity contribution in [2.24, 2.45) is 11.7 Å². The molecule has 1 heterocycles. The number of hydrogen-bond donors (Lipinski definition) is 1. The summed E-state index contributed by atoms with van der Waals surface area (Å²) in [6.45, 7) is 1.87. The van der Waals surface area contributed by atoms with E-state index in [-0.39, 0.29) is 0 Å². The minimum absolute atomic E-state index is 0.312. The maximum Gasteiger partial charge on any atom is 0.212 e. The van der Waals surface area contributed by atoms with Crippen LogP contribution in [0.25, 0.3) is 0 Å². The van der Waals surface area contributed by atoms with E-state index in [1.54, 1.807) is 7.11 Å². The van der Waals surface area contributed by atoms with Gasteiger partial charge in [-0.25, -0.2) is 4.98 Å². The van der Waals surface area contributed by atoms with Gasteiger partial charge in [-0.1, -0.05) is 6.07 Å². The number of nitrogens with zero attached hydrogens (tertiary/aromatic N) is 2. The predicted molar refractivity (Wildman–Crippen MR) is 75.0 cm³/mol. The molecule has 4 heteroatoms. The van der Waals surface area contributed by atoms with Crippen LogP contribution in [-0.2, 0) is 0 Å². The molecule has 1 unspecified atom stereocenters. The van der Waals surface area contributed by atoms with Crippen LogP contribution in [0.4, 0.5) is 0 Å². The van der Waals surface area contributed by atoms with Gasteiger partial charge in [0.15, 0.2) is 0 Å². The molecule has 0 saturated heterocycles. The first kappa shape index (κ1) is 12.9. The Morgan fingerprint density at radius 3 is 2.63 bits per heavy atom. The van der Waals surface area contributed by atoms with Gasteiger partial charge in [0.2, 0.25) is 5.88 Å². The smallest absolute Gasteiger partial charge is 0.212 e. The van der Waals surface area contributed by atoms with Gasteiger partial charge < -0.3 is 10.5 Å². The van der Waals surface area contributed by atoms with E-state index in [1.165, 1.54) is 37.8 Å². The molecule has 19 heavy (non-hydrogen) atoms. The third kappa shape index (κ3) is 3.07. The monoisotopic (exact) mass is 261 g/mol. The van der Waals surface area contributed by atoms with E-state index in [2.05, 4.69) is 16.0 Å². The zero-order valence-corrected chi connectivity index (χ0v) is 11.6. The molecule has 1 aromatic rings. The molecule has 3 rings (SSSR count). The van der Waals surface area contributed by atoms with E-state index in [4.69, 9.17) is 10.5 Å². The Morgan fingerprint density at radius 1 is 1.37 bits per heavy atom. The van der Waals surface area contributed by atoms with Gasteiger partial charge >= 0.3 is 0 Å². The van der Waals surface area contributed by atoms with Crippen molar-refractivity contribution in [2.75, 3.05) is 20.2 Å². The van der Waals surface area contributed by atoms with Crippen molar-refractivity contribution in [1.29, 1.82) is 0 Å². The number of ether oxygens (including phenoxy) is 1. The molecule has 2 aliphatic carbocycles. The molecule has 104 valence electrons. The topological polar surface area (TPSA) is 51.4 Å². The van der Waals surface area contributed by atoms with E-state index in [9.17, 15) is 0 Å².